The van der Waals surface area contributed by atoms with E-state index in [-0.39, 0.29) is 5.69 Å². The summed E-state index contributed by atoms with van der Waals surface area (Å²) in [7, 11) is 1.25. The summed E-state index contributed by atoms with van der Waals surface area (Å²) in [5.41, 5.74) is 1.19. The van der Waals surface area contributed by atoms with Crippen LogP contribution in [-0.4, -0.2) is 18.1 Å². The Morgan fingerprint density at radius 3 is 2.78 bits per heavy atom. The Labute approximate surface area is 102 Å². The van der Waals surface area contributed by atoms with Crippen molar-refractivity contribution in [3.63, 3.8) is 0 Å². The van der Waals surface area contributed by atoms with Gasteiger partial charge in [0.05, 0.1) is 12.5 Å². The summed E-state index contributed by atoms with van der Waals surface area (Å²) in [5.74, 6) is -0.648. The molecular formula is C13H10N2O3. The Morgan fingerprint density at radius 2 is 2.00 bits per heavy atom. The van der Waals surface area contributed by atoms with E-state index in [4.69, 9.17) is 0 Å². The van der Waals surface area contributed by atoms with Crippen LogP contribution in [0.25, 0.3) is 21.9 Å². The quantitative estimate of drug-likeness (QED) is 0.401. The van der Waals surface area contributed by atoms with Gasteiger partial charge in [-0.2, -0.15) is 0 Å². The summed E-state index contributed by atoms with van der Waals surface area (Å²) < 4.78 is 5.14. The highest BCUT2D eigenvalue weighted by Gasteiger charge is 2.18. The molecule has 2 aromatic heterocycles. The number of nitrogens with one attached hydrogen (secondary N) is 1. The van der Waals surface area contributed by atoms with E-state index in [1.807, 2.05) is 24.3 Å². The van der Waals surface area contributed by atoms with Gasteiger partial charge < -0.3 is 9.94 Å². The number of hydrogen-bond acceptors (Lipinski definition) is 3. The third-order valence-electron chi connectivity index (χ3n) is 2.95. The van der Waals surface area contributed by atoms with E-state index in [1.54, 1.807) is 6.07 Å². The molecule has 5 nitrogen and oxygen atoms in total. The number of para-hydroxylation sites is 1. The minimum absolute atomic E-state index is 0.0310. The van der Waals surface area contributed by atoms with Gasteiger partial charge in [-0.15, -0.1) is 0 Å². The first-order chi connectivity index (χ1) is 8.72. The number of aromatic amines is 1. The minimum Gasteiger partial charge on any atom is -0.710 e. The minimum atomic E-state index is -0.648. The molecular weight excluding hydrogens is 232 g/mol. The van der Waals surface area contributed by atoms with Crippen molar-refractivity contribution in [2.75, 3.05) is 7.11 Å². The summed E-state index contributed by atoms with van der Waals surface area (Å²) in [4.78, 5) is 14.4. The van der Waals surface area contributed by atoms with Gasteiger partial charge >= 0.3 is 5.97 Å². The Bertz CT molecular complexity index is 761. The molecule has 0 atom stereocenters. The molecule has 0 aliphatic heterocycles. The van der Waals surface area contributed by atoms with Crippen LogP contribution >= 0.6 is 0 Å². The summed E-state index contributed by atoms with van der Waals surface area (Å²) >= 11 is 0. The Balaban J connectivity index is 2.39. The zero-order valence-corrected chi connectivity index (χ0v) is 9.64. The second kappa shape index (κ2) is 3.73. The largest absolute Gasteiger partial charge is 0.710 e. The molecule has 0 amide bonds. The van der Waals surface area contributed by atoms with Gasteiger partial charge in [-0.25, -0.2) is 14.5 Å². The van der Waals surface area contributed by atoms with Gasteiger partial charge in [0.1, 0.15) is 5.52 Å². The molecule has 0 saturated heterocycles. The first-order valence-electron chi connectivity index (χ1n) is 5.43. The number of methoxy groups -OCH3 is 1. The zero-order chi connectivity index (χ0) is 12.7. The third-order valence-corrected chi connectivity index (χ3v) is 2.95. The average Bonchev–Trinajstić information content (AvgIpc) is 2.78. The molecule has 18 heavy (non-hydrogen) atoms. The Hall–Kier alpha value is -2.56. The zero-order valence-electron chi connectivity index (χ0n) is 9.64. The number of H-pyrrole nitrogens is 1. The number of carbonyl (C=O) groups excluding carboxylic acids is 1. The first-order valence-corrected chi connectivity index (χ1v) is 5.43. The first kappa shape index (κ1) is 10.6. The molecule has 0 unspecified atom stereocenters. The lowest BCUT2D eigenvalue weighted by atomic mass is 10.2. The van der Waals surface area contributed by atoms with E-state index < -0.39 is 5.97 Å². The molecule has 3 rings (SSSR count). The molecule has 0 aliphatic carbocycles. The monoisotopic (exact) mass is 242 g/mol. The lowest BCUT2D eigenvalue weighted by Crippen LogP contribution is -2.36. The second-order valence-corrected chi connectivity index (χ2v) is 3.94. The van der Waals surface area contributed by atoms with Crippen molar-refractivity contribution >= 4 is 27.9 Å². The normalized spacial score (nSPS) is 10.9. The van der Waals surface area contributed by atoms with Crippen LogP contribution in [0.2, 0.25) is 0 Å². The number of rotatable bonds is 1. The number of esters is 1. The van der Waals surface area contributed by atoms with E-state index in [9.17, 15) is 10.0 Å². The van der Waals surface area contributed by atoms with Crippen molar-refractivity contribution in [2.45, 2.75) is 0 Å². The molecule has 1 aromatic carbocycles. The fraction of sp³-hybridized carbons (Fsp3) is 0.0769. The van der Waals surface area contributed by atoms with Crippen molar-refractivity contribution in [3.05, 3.63) is 47.3 Å². The average molecular weight is 242 g/mol. The van der Waals surface area contributed by atoms with E-state index in [2.05, 4.69) is 9.72 Å². The van der Waals surface area contributed by atoms with Gasteiger partial charge in [-0.3, -0.25) is 0 Å². The summed E-state index contributed by atoms with van der Waals surface area (Å²) in [6.07, 6.45) is 0. The highest BCUT2D eigenvalue weighted by atomic mass is 16.5. The SMILES string of the molecule is COC(=O)c1ccc2c3ccccc3[nH]c2[n+]1[O-]. The summed E-state index contributed by atoms with van der Waals surface area (Å²) in [5, 5.41) is 13.8. The Morgan fingerprint density at radius 1 is 1.22 bits per heavy atom. The fourth-order valence-electron chi connectivity index (χ4n) is 2.08. The summed E-state index contributed by atoms with van der Waals surface area (Å²) in [6, 6.07) is 10.8. The molecule has 0 fully saturated rings. The molecule has 0 bridgehead atoms. The van der Waals surface area contributed by atoms with Crippen LogP contribution in [0.5, 0.6) is 0 Å². The predicted molar refractivity (Wildman–Crippen MR) is 66.1 cm³/mol. The lowest BCUT2D eigenvalue weighted by molar-refractivity contribution is -0.582. The number of carbonyl (C=O) groups is 1. The van der Waals surface area contributed by atoms with Crippen LogP contribution in [0.3, 0.4) is 0 Å². The highest BCUT2D eigenvalue weighted by Crippen LogP contribution is 2.23. The lowest BCUT2D eigenvalue weighted by Gasteiger charge is -2.07. The second-order valence-electron chi connectivity index (χ2n) is 3.94. The standard InChI is InChI=1S/C13H10N2O3/c1-18-13(16)11-7-6-9-8-4-2-3-5-10(8)14-12(9)15(11)17/h2-7,14H,1H3. The van der Waals surface area contributed by atoms with Crippen LogP contribution in [-0.2, 0) is 4.74 Å². The number of pyridine rings is 1. The van der Waals surface area contributed by atoms with Crippen molar-refractivity contribution in [1.82, 2.24) is 4.98 Å². The summed E-state index contributed by atoms with van der Waals surface area (Å²) in [6.45, 7) is 0. The molecule has 2 heterocycles. The van der Waals surface area contributed by atoms with Gasteiger partial charge in [0.25, 0.3) is 5.65 Å². The molecule has 0 aliphatic rings. The molecule has 90 valence electrons. The number of nitrogens with zero attached hydrogens (tertiary/aromatic N) is 1. The molecule has 0 saturated carbocycles. The highest BCUT2D eigenvalue weighted by molar-refractivity contribution is 6.05. The van der Waals surface area contributed by atoms with Crippen molar-refractivity contribution in [1.29, 1.82) is 0 Å². The van der Waals surface area contributed by atoms with Crippen molar-refractivity contribution in [3.8, 4) is 0 Å². The van der Waals surface area contributed by atoms with E-state index in [0.717, 1.165) is 16.3 Å². The van der Waals surface area contributed by atoms with E-state index >= 15 is 0 Å². The van der Waals surface area contributed by atoms with Crippen LogP contribution in [0.4, 0.5) is 0 Å². The number of fused-ring (bicyclic) bond motifs is 3. The number of ether oxygens (including phenoxy) is 1. The molecule has 0 radical (unpaired) electrons. The van der Waals surface area contributed by atoms with Gasteiger partial charge in [0.15, 0.2) is 0 Å². The predicted octanol–water partition coefficient (Wildman–Crippen LogP) is 1.74. The number of benzene rings is 1. The maximum atomic E-state index is 12.1. The molecule has 3 aromatic rings. The fourth-order valence-corrected chi connectivity index (χ4v) is 2.08. The van der Waals surface area contributed by atoms with Crippen LogP contribution in [0.1, 0.15) is 10.5 Å². The van der Waals surface area contributed by atoms with E-state index in [0.29, 0.717) is 10.4 Å². The van der Waals surface area contributed by atoms with Gasteiger partial charge in [-0.1, -0.05) is 12.1 Å². The van der Waals surface area contributed by atoms with Crippen molar-refractivity contribution < 1.29 is 14.3 Å². The van der Waals surface area contributed by atoms with E-state index in [1.165, 1.54) is 13.2 Å². The topological polar surface area (TPSA) is 69.0 Å². The smallest absolute Gasteiger partial charge is 0.378 e. The maximum Gasteiger partial charge on any atom is 0.378 e. The van der Waals surface area contributed by atoms with Gasteiger partial charge in [0.2, 0.25) is 5.69 Å². The third kappa shape index (κ3) is 1.34. The number of aromatic nitrogens is 2. The Kier molecular flexibility index (Phi) is 2.19. The number of hydrogen-bond donors (Lipinski definition) is 1. The van der Waals surface area contributed by atoms with Gasteiger partial charge in [-0.05, 0) is 24.3 Å². The van der Waals surface area contributed by atoms with Crippen molar-refractivity contribution in [2.24, 2.45) is 0 Å². The molecule has 1 N–H and O–H groups in total. The van der Waals surface area contributed by atoms with Crippen LogP contribution < -0.4 is 4.73 Å². The molecule has 5 heteroatoms. The van der Waals surface area contributed by atoms with Crippen LogP contribution in [0.15, 0.2) is 36.4 Å². The van der Waals surface area contributed by atoms with Crippen LogP contribution in [0, 0.1) is 5.21 Å². The van der Waals surface area contributed by atoms with Gasteiger partial charge in [0, 0.05) is 5.39 Å². The molecule has 0 spiro atoms. The maximum absolute atomic E-state index is 12.1.